The molecule has 2 aromatic rings. The van der Waals surface area contributed by atoms with Gasteiger partial charge in [0.25, 0.3) is 0 Å². The van der Waals surface area contributed by atoms with Crippen molar-refractivity contribution < 1.29 is 13.9 Å². The Morgan fingerprint density at radius 2 is 2.10 bits per heavy atom. The van der Waals surface area contributed by atoms with Gasteiger partial charge in [-0.15, -0.1) is 0 Å². The van der Waals surface area contributed by atoms with Crippen molar-refractivity contribution in [3.63, 3.8) is 0 Å². The van der Waals surface area contributed by atoms with Crippen molar-refractivity contribution in [2.45, 2.75) is 64.6 Å². The molecule has 0 spiro atoms. The number of aryl methyl sites for hydroxylation is 1. The van der Waals surface area contributed by atoms with E-state index in [4.69, 9.17) is 4.74 Å². The minimum absolute atomic E-state index is 0.00607. The van der Waals surface area contributed by atoms with Crippen LogP contribution in [0.1, 0.15) is 45.6 Å². The minimum atomic E-state index is -0.479. The topological polar surface area (TPSA) is 67.3 Å². The number of carbonyl (C=O) groups excluding carboxylic acids is 1. The second-order valence-electron chi connectivity index (χ2n) is 8.66. The Morgan fingerprint density at radius 1 is 1.37 bits per heavy atom. The monoisotopic (exact) mass is 412 g/mol. The molecule has 7 heteroatoms. The van der Waals surface area contributed by atoms with Crippen molar-refractivity contribution in [1.29, 1.82) is 0 Å². The van der Waals surface area contributed by atoms with Gasteiger partial charge in [0.15, 0.2) is 11.6 Å². The lowest BCUT2D eigenvalue weighted by molar-refractivity contribution is -0.162. The smallest absolute Gasteiger partial charge is 0.322 e. The lowest BCUT2D eigenvalue weighted by atomic mass is 9.62. The Bertz CT molecular complexity index is 935. The van der Waals surface area contributed by atoms with Gasteiger partial charge in [0.2, 0.25) is 0 Å². The highest BCUT2D eigenvalue weighted by Crippen LogP contribution is 2.52. The maximum atomic E-state index is 13.3. The molecule has 160 valence electrons. The van der Waals surface area contributed by atoms with Crippen LogP contribution in [-0.2, 0) is 4.74 Å². The number of benzene rings is 1. The van der Waals surface area contributed by atoms with E-state index in [1.807, 2.05) is 36.9 Å². The normalized spacial score (nSPS) is 26.1. The number of halogens is 1. The van der Waals surface area contributed by atoms with E-state index in [2.05, 4.69) is 29.1 Å². The van der Waals surface area contributed by atoms with Gasteiger partial charge < -0.3 is 15.0 Å². The molecule has 2 unspecified atom stereocenters. The van der Waals surface area contributed by atoms with E-state index in [9.17, 15) is 9.18 Å². The second-order valence-corrected chi connectivity index (χ2v) is 8.66. The highest BCUT2D eigenvalue weighted by atomic mass is 19.1. The molecular weight excluding hydrogens is 383 g/mol. The SMILES string of the molecule is CCO[C@@H](C)C12CC(C[C@H](C)C1)N2C(=O)Nc1ccc(C)c(-c2ncc(F)cn2)c1. The Hall–Kier alpha value is -2.54. The first-order valence-electron chi connectivity index (χ1n) is 10.6. The first kappa shape index (κ1) is 20.7. The number of ether oxygens (including phenoxy) is 1. The summed E-state index contributed by atoms with van der Waals surface area (Å²) in [5.41, 5.74) is 2.15. The number of likely N-dealkylation sites (tertiary alicyclic amines) is 1. The molecule has 30 heavy (non-hydrogen) atoms. The van der Waals surface area contributed by atoms with E-state index in [1.54, 1.807) is 0 Å². The largest absolute Gasteiger partial charge is 0.376 e. The van der Waals surface area contributed by atoms with Crippen LogP contribution in [0.2, 0.25) is 0 Å². The van der Waals surface area contributed by atoms with Crippen LogP contribution in [0.15, 0.2) is 30.6 Å². The number of fused-ring (bicyclic) bond motifs is 2. The molecule has 2 fully saturated rings. The van der Waals surface area contributed by atoms with Crippen LogP contribution in [0.3, 0.4) is 0 Å². The molecule has 1 aliphatic carbocycles. The molecule has 1 aromatic heterocycles. The van der Waals surface area contributed by atoms with Gasteiger partial charge in [-0.05, 0) is 63.6 Å². The third-order valence-corrected chi connectivity index (χ3v) is 6.55. The molecule has 4 rings (SSSR count). The standard InChI is InChI=1S/C23H29FN4O2/c1-5-30-16(4)23-10-14(2)8-19(11-23)28(23)22(29)27-18-7-6-15(3)20(9-18)21-25-12-17(24)13-26-21/h6-7,9,12-14,16,19H,5,8,10-11H2,1-4H3,(H,27,29)/t14-,16-,19?,23?/m0/s1. The first-order valence-corrected chi connectivity index (χ1v) is 10.6. The van der Waals surface area contributed by atoms with Gasteiger partial charge in [-0.25, -0.2) is 19.2 Å². The van der Waals surface area contributed by atoms with Gasteiger partial charge in [0, 0.05) is 23.9 Å². The van der Waals surface area contributed by atoms with E-state index in [1.165, 1.54) is 0 Å². The number of nitrogens with zero attached hydrogens (tertiary/aromatic N) is 3. The maximum Gasteiger partial charge on any atom is 0.322 e. The summed E-state index contributed by atoms with van der Waals surface area (Å²) in [5.74, 6) is 0.534. The average molecular weight is 413 g/mol. The van der Waals surface area contributed by atoms with Crippen molar-refractivity contribution in [3.8, 4) is 11.4 Å². The Labute approximate surface area is 176 Å². The third kappa shape index (κ3) is 3.55. The summed E-state index contributed by atoms with van der Waals surface area (Å²) in [4.78, 5) is 23.4. The second kappa shape index (κ2) is 7.95. The van der Waals surface area contributed by atoms with Gasteiger partial charge in [0.1, 0.15) is 0 Å². The third-order valence-electron chi connectivity index (χ3n) is 6.55. The van der Waals surface area contributed by atoms with Crippen molar-refractivity contribution >= 4 is 11.7 Å². The van der Waals surface area contributed by atoms with E-state index in [-0.39, 0.29) is 23.7 Å². The molecule has 2 bridgehead atoms. The Balaban J connectivity index is 1.56. The molecule has 1 saturated carbocycles. The van der Waals surface area contributed by atoms with Crippen LogP contribution >= 0.6 is 0 Å². The zero-order valence-corrected chi connectivity index (χ0v) is 18.0. The molecule has 1 aromatic carbocycles. The maximum absolute atomic E-state index is 13.3. The van der Waals surface area contributed by atoms with E-state index < -0.39 is 5.82 Å². The number of rotatable bonds is 5. The summed E-state index contributed by atoms with van der Waals surface area (Å²) in [7, 11) is 0. The molecule has 4 atom stereocenters. The summed E-state index contributed by atoms with van der Waals surface area (Å²) >= 11 is 0. The first-order chi connectivity index (χ1) is 14.3. The van der Waals surface area contributed by atoms with Crippen molar-refractivity contribution in [3.05, 3.63) is 42.0 Å². The number of piperidine rings is 1. The van der Waals surface area contributed by atoms with Crippen molar-refractivity contribution in [2.75, 3.05) is 11.9 Å². The Morgan fingerprint density at radius 3 is 2.80 bits per heavy atom. The van der Waals surface area contributed by atoms with Crippen LogP contribution in [0.25, 0.3) is 11.4 Å². The predicted molar refractivity (Wildman–Crippen MR) is 114 cm³/mol. The summed E-state index contributed by atoms with van der Waals surface area (Å²) in [6.07, 6.45) is 5.27. The van der Waals surface area contributed by atoms with Crippen LogP contribution in [0.5, 0.6) is 0 Å². The highest BCUT2D eigenvalue weighted by Gasteiger charge is 2.61. The fourth-order valence-electron chi connectivity index (χ4n) is 5.25. The van der Waals surface area contributed by atoms with Crippen molar-refractivity contribution in [2.24, 2.45) is 5.92 Å². The van der Waals surface area contributed by atoms with E-state index in [0.29, 0.717) is 24.0 Å². The lowest BCUT2D eigenvalue weighted by Crippen LogP contribution is -2.76. The molecular formula is C23H29FN4O2. The van der Waals surface area contributed by atoms with E-state index in [0.717, 1.165) is 42.8 Å². The number of anilines is 1. The minimum Gasteiger partial charge on any atom is -0.376 e. The number of hydrogen-bond donors (Lipinski definition) is 1. The molecule has 6 nitrogen and oxygen atoms in total. The lowest BCUT2D eigenvalue weighted by Gasteiger charge is -2.65. The fraction of sp³-hybridized carbons (Fsp3) is 0.522. The molecule has 2 aliphatic rings. The zero-order valence-electron chi connectivity index (χ0n) is 18.0. The van der Waals surface area contributed by atoms with Crippen LogP contribution in [0, 0.1) is 18.7 Å². The number of aromatic nitrogens is 2. The van der Waals surface area contributed by atoms with Gasteiger partial charge in [-0.2, -0.15) is 0 Å². The molecule has 1 saturated heterocycles. The number of hydrogen-bond acceptors (Lipinski definition) is 4. The van der Waals surface area contributed by atoms with Crippen molar-refractivity contribution in [1.82, 2.24) is 14.9 Å². The van der Waals surface area contributed by atoms with E-state index >= 15 is 0 Å². The number of nitrogens with one attached hydrogen (secondary N) is 1. The van der Waals surface area contributed by atoms with Gasteiger partial charge in [0.05, 0.1) is 24.0 Å². The predicted octanol–water partition coefficient (Wildman–Crippen LogP) is 4.79. The molecule has 1 aliphatic heterocycles. The highest BCUT2D eigenvalue weighted by molar-refractivity contribution is 5.92. The molecule has 2 heterocycles. The van der Waals surface area contributed by atoms with Crippen LogP contribution in [0.4, 0.5) is 14.9 Å². The fourth-order valence-corrected chi connectivity index (χ4v) is 5.25. The van der Waals surface area contributed by atoms with Gasteiger partial charge in [-0.3, -0.25) is 0 Å². The number of carbonyl (C=O) groups is 1. The van der Waals surface area contributed by atoms with Gasteiger partial charge in [-0.1, -0.05) is 13.0 Å². The number of amides is 2. The summed E-state index contributed by atoms with van der Waals surface area (Å²) in [6.45, 7) is 8.90. The summed E-state index contributed by atoms with van der Waals surface area (Å²) in [5, 5.41) is 3.06. The number of urea groups is 1. The van der Waals surface area contributed by atoms with Crippen LogP contribution in [-0.4, -0.2) is 45.2 Å². The van der Waals surface area contributed by atoms with Gasteiger partial charge >= 0.3 is 6.03 Å². The molecule has 1 N–H and O–H groups in total. The molecule has 2 amide bonds. The quantitative estimate of drug-likeness (QED) is 0.767. The summed E-state index contributed by atoms with van der Waals surface area (Å²) < 4.78 is 19.1. The molecule has 0 radical (unpaired) electrons. The summed E-state index contributed by atoms with van der Waals surface area (Å²) in [6, 6.07) is 5.78. The van der Waals surface area contributed by atoms with Crippen LogP contribution < -0.4 is 5.32 Å². The Kier molecular flexibility index (Phi) is 5.49. The zero-order chi connectivity index (χ0) is 21.5. The average Bonchev–Trinajstić information content (AvgIpc) is 2.69.